The third-order valence-electron chi connectivity index (χ3n) is 5.21. The minimum atomic E-state index is -0.465. The molecule has 7 heteroatoms. The van der Waals surface area contributed by atoms with Crippen molar-refractivity contribution in [3.05, 3.63) is 96.4 Å². The van der Waals surface area contributed by atoms with Crippen molar-refractivity contribution < 1.29 is 4.39 Å². The van der Waals surface area contributed by atoms with Gasteiger partial charge < -0.3 is 4.90 Å². The van der Waals surface area contributed by atoms with E-state index in [0.717, 1.165) is 11.0 Å². The normalized spacial score (nSPS) is 13.5. The molecule has 0 fully saturated rings. The lowest BCUT2D eigenvalue weighted by molar-refractivity contribution is 0.627. The summed E-state index contributed by atoms with van der Waals surface area (Å²) in [5, 5.41) is 0.253. The van der Waals surface area contributed by atoms with E-state index >= 15 is 0 Å². The van der Waals surface area contributed by atoms with Gasteiger partial charge in [-0.25, -0.2) is 9.18 Å². The minimum Gasteiger partial charge on any atom is -0.353 e. The summed E-state index contributed by atoms with van der Waals surface area (Å²) >= 11 is 6.17. The maximum Gasteiger partial charge on any atom is 0.329 e. The van der Waals surface area contributed by atoms with E-state index in [9.17, 15) is 14.0 Å². The van der Waals surface area contributed by atoms with E-state index in [-0.39, 0.29) is 17.0 Å². The molecular formula is C21H19ClFN3O2. The van der Waals surface area contributed by atoms with Crippen LogP contribution in [-0.4, -0.2) is 16.1 Å². The summed E-state index contributed by atoms with van der Waals surface area (Å²) in [5.74, 6) is 0.0685. The van der Waals surface area contributed by atoms with Gasteiger partial charge in [0.25, 0.3) is 5.56 Å². The molecule has 0 saturated carbocycles. The fourth-order valence-corrected chi connectivity index (χ4v) is 3.86. The van der Waals surface area contributed by atoms with Gasteiger partial charge in [0, 0.05) is 31.6 Å². The van der Waals surface area contributed by atoms with Crippen molar-refractivity contribution in [1.29, 1.82) is 0 Å². The number of hydrogen-bond acceptors (Lipinski definition) is 3. The van der Waals surface area contributed by atoms with Crippen LogP contribution in [0.1, 0.15) is 22.3 Å². The van der Waals surface area contributed by atoms with Crippen LogP contribution in [0.25, 0.3) is 0 Å². The molecule has 1 aliphatic rings. The predicted octanol–water partition coefficient (Wildman–Crippen LogP) is 3.02. The number of fused-ring (bicyclic) bond motifs is 1. The number of nitrogens with zero attached hydrogens (tertiary/aromatic N) is 2. The van der Waals surface area contributed by atoms with E-state index in [1.165, 1.54) is 30.3 Å². The molecule has 1 aliphatic heterocycles. The second kappa shape index (κ2) is 7.28. The molecule has 4 rings (SSSR count). The van der Waals surface area contributed by atoms with Gasteiger partial charge in [0.15, 0.2) is 0 Å². The van der Waals surface area contributed by atoms with Crippen molar-refractivity contribution >= 4 is 17.4 Å². The molecule has 144 valence electrons. The van der Waals surface area contributed by atoms with E-state index < -0.39 is 11.5 Å². The zero-order valence-electron chi connectivity index (χ0n) is 15.3. The number of halogens is 2. The Morgan fingerprint density at radius 1 is 1.14 bits per heavy atom. The largest absolute Gasteiger partial charge is 0.353 e. The molecule has 0 atom stereocenters. The molecule has 0 bridgehead atoms. The van der Waals surface area contributed by atoms with Crippen LogP contribution < -0.4 is 16.1 Å². The van der Waals surface area contributed by atoms with Crippen LogP contribution in [0.5, 0.6) is 0 Å². The topological polar surface area (TPSA) is 58.1 Å². The van der Waals surface area contributed by atoms with E-state index in [4.69, 9.17) is 11.6 Å². The Hall–Kier alpha value is -2.86. The van der Waals surface area contributed by atoms with Gasteiger partial charge in [0.2, 0.25) is 0 Å². The highest BCUT2D eigenvalue weighted by molar-refractivity contribution is 6.31. The van der Waals surface area contributed by atoms with Gasteiger partial charge in [-0.1, -0.05) is 41.9 Å². The summed E-state index contributed by atoms with van der Waals surface area (Å²) in [5.41, 5.74) is 2.67. The number of nitrogens with one attached hydrogen (secondary N) is 1. The van der Waals surface area contributed by atoms with Crippen molar-refractivity contribution in [2.24, 2.45) is 7.05 Å². The fraction of sp³-hybridized carbons (Fsp3) is 0.238. The van der Waals surface area contributed by atoms with Crippen LogP contribution >= 0.6 is 11.6 Å². The maximum atomic E-state index is 13.4. The quantitative estimate of drug-likeness (QED) is 0.736. The molecule has 0 saturated heterocycles. The zero-order valence-corrected chi connectivity index (χ0v) is 16.1. The average Bonchev–Trinajstić information content (AvgIpc) is 2.69. The second-order valence-corrected chi connectivity index (χ2v) is 7.38. The Morgan fingerprint density at radius 2 is 1.89 bits per heavy atom. The molecule has 2 heterocycles. The molecular weight excluding hydrogens is 381 g/mol. The highest BCUT2D eigenvalue weighted by Gasteiger charge is 2.23. The molecule has 0 radical (unpaired) electrons. The first-order valence-electron chi connectivity index (χ1n) is 9.02. The lowest BCUT2D eigenvalue weighted by Crippen LogP contribution is -2.40. The van der Waals surface area contributed by atoms with Gasteiger partial charge in [-0.2, -0.15) is 0 Å². The second-order valence-electron chi connectivity index (χ2n) is 6.97. The van der Waals surface area contributed by atoms with E-state index in [1.54, 1.807) is 6.07 Å². The summed E-state index contributed by atoms with van der Waals surface area (Å²) in [6.07, 6.45) is 1.03. The number of hydrogen-bond donors (Lipinski definition) is 1. The molecule has 5 nitrogen and oxygen atoms in total. The summed E-state index contributed by atoms with van der Waals surface area (Å²) in [6.45, 7) is 1.29. The Bertz CT molecular complexity index is 1170. The van der Waals surface area contributed by atoms with Crippen LogP contribution in [0.15, 0.2) is 52.1 Å². The third kappa shape index (κ3) is 3.36. The molecule has 0 aliphatic carbocycles. The zero-order chi connectivity index (χ0) is 19.8. The molecule has 3 aromatic rings. The van der Waals surface area contributed by atoms with Gasteiger partial charge in [-0.15, -0.1) is 0 Å². The smallest absolute Gasteiger partial charge is 0.329 e. The Kier molecular flexibility index (Phi) is 4.81. The van der Waals surface area contributed by atoms with E-state index in [1.807, 2.05) is 17.0 Å². The van der Waals surface area contributed by atoms with Crippen molar-refractivity contribution in [2.45, 2.75) is 19.4 Å². The Morgan fingerprint density at radius 3 is 2.64 bits per heavy atom. The number of anilines is 1. The van der Waals surface area contributed by atoms with Gasteiger partial charge in [0.1, 0.15) is 11.6 Å². The first kappa shape index (κ1) is 18.5. The lowest BCUT2D eigenvalue weighted by atomic mass is 9.99. The number of benzene rings is 2. The molecule has 0 amide bonds. The van der Waals surface area contributed by atoms with Crippen LogP contribution in [-0.2, 0) is 26.4 Å². The van der Waals surface area contributed by atoms with Crippen LogP contribution in [0.3, 0.4) is 0 Å². The van der Waals surface area contributed by atoms with Gasteiger partial charge in [-0.05, 0) is 35.2 Å². The molecule has 0 unspecified atom stereocenters. The number of aromatic nitrogens is 2. The molecule has 0 spiro atoms. The average molecular weight is 400 g/mol. The standard InChI is InChI=1S/C21H19ClFN3O2/c1-25-20(27)17(10-14-6-7-16(23)11-18(14)22)19(24-21(25)28)26-9-8-13-4-2-3-5-15(13)12-26/h2-7,11H,8-10,12H2,1H3,(H,24,28). The molecule has 2 aromatic carbocycles. The highest BCUT2D eigenvalue weighted by atomic mass is 35.5. The van der Waals surface area contributed by atoms with Crippen LogP contribution in [0.4, 0.5) is 10.2 Å². The number of rotatable bonds is 3. The van der Waals surface area contributed by atoms with Crippen LogP contribution in [0, 0.1) is 5.82 Å². The van der Waals surface area contributed by atoms with Crippen molar-refractivity contribution in [3.8, 4) is 0 Å². The van der Waals surface area contributed by atoms with Gasteiger partial charge in [-0.3, -0.25) is 14.3 Å². The summed E-state index contributed by atoms with van der Waals surface area (Å²) < 4.78 is 14.4. The Balaban J connectivity index is 1.79. The van der Waals surface area contributed by atoms with Crippen molar-refractivity contribution in [1.82, 2.24) is 9.55 Å². The SMILES string of the molecule is Cn1c(=O)[nH]c(N2CCc3ccccc3C2)c(Cc2ccc(F)cc2Cl)c1=O. The summed E-state index contributed by atoms with van der Waals surface area (Å²) in [4.78, 5) is 30.0. The molecule has 1 N–H and O–H groups in total. The summed E-state index contributed by atoms with van der Waals surface area (Å²) in [7, 11) is 1.44. The highest BCUT2D eigenvalue weighted by Crippen LogP contribution is 2.27. The third-order valence-corrected chi connectivity index (χ3v) is 5.56. The van der Waals surface area contributed by atoms with Crippen LogP contribution in [0.2, 0.25) is 5.02 Å². The van der Waals surface area contributed by atoms with E-state index in [0.29, 0.717) is 30.0 Å². The van der Waals surface area contributed by atoms with Gasteiger partial charge in [0.05, 0.1) is 5.56 Å². The van der Waals surface area contributed by atoms with Crippen molar-refractivity contribution in [2.75, 3.05) is 11.4 Å². The monoisotopic (exact) mass is 399 g/mol. The van der Waals surface area contributed by atoms with Crippen molar-refractivity contribution in [3.63, 3.8) is 0 Å². The minimum absolute atomic E-state index is 0.204. The number of H-pyrrole nitrogens is 1. The first-order chi connectivity index (χ1) is 13.4. The maximum absolute atomic E-state index is 13.4. The lowest BCUT2D eigenvalue weighted by Gasteiger charge is -2.31. The first-order valence-corrected chi connectivity index (χ1v) is 9.39. The molecule has 1 aromatic heterocycles. The van der Waals surface area contributed by atoms with E-state index in [2.05, 4.69) is 17.1 Å². The van der Waals surface area contributed by atoms with Gasteiger partial charge >= 0.3 is 5.69 Å². The Labute approximate surface area is 166 Å². The fourth-order valence-electron chi connectivity index (χ4n) is 3.63. The summed E-state index contributed by atoms with van der Waals surface area (Å²) in [6, 6.07) is 12.2. The predicted molar refractivity (Wildman–Crippen MR) is 108 cm³/mol. The molecule has 28 heavy (non-hydrogen) atoms. The number of aromatic amines is 1.